The second-order valence-electron chi connectivity index (χ2n) is 7.98. The Morgan fingerprint density at radius 1 is 1.13 bits per heavy atom. The van der Waals surface area contributed by atoms with E-state index < -0.39 is 0 Å². The van der Waals surface area contributed by atoms with Crippen molar-refractivity contribution in [2.75, 3.05) is 13.1 Å². The quantitative estimate of drug-likeness (QED) is 0.775. The second-order valence-corrected chi connectivity index (χ2v) is 7.98. The lowest BCUT2D eigenvalue weighted by Gasteiger charge is -2.23. The summed E-state index contributed by atoms with van der Waals surface area (Å²) in [6.45, 7) is 4.12. The van der Waals surface area contributed by atoms with Crippen molar-refractivity contribution in [3.63, 3.8) is 0 Å². The van der Waals surface area contributed by atoms with E-state index in [0.717, 1.165) is 28.9 Å². The van der Waals surface area contributed by atoms with Gasteiger partial charge in [0.05, 0.1) is 6.54 Å². The fourth-order valence-corrected chi connectivity index (χ4v) is 4.39. The third-order valence-corrected chi connectivity index (χ3v) is 5.88. The van der Waals surface area contributed by atoms with Gasteiger partial charge in [0, 0.05) is 25.5 Å². The third-order valence-electron chi connectivity index (χ3n) is 5.88. The Balaban J connectivity index is 1.41. The molecule has 2 atom stereocenters. The molecule has 1 saturated heterocycles. The maximum atomic E-state index is 12.5. The first-order valence-corrected chi connectivity index (χ1v) is 10.4. The van der Waals surface area contributed by atoms with Crippen LogP contribution < -0.4 is 10.1 Å². The third kappa shape index (κ3) is 3.95. The summed E-state index contributed by atoms with van der Waals surface area (Å²) >= 11 is 0. The average Bonchev–Trinajstić information content (AvgIpc) is 3.38. The zero-order chi connectivity index (χ0) is 21.3. The zero-order valence-electron chi connectivity index (χ0n) is 17.3. The highest BCUT2D eigenvalue weighted by atomic mass is 16.5. The number of hydrogen-bond donors (Lipinski definition) is 1. The molecule has 4 rings (SSSR count). The van der Waals surface area contributed by atoms with E-state index in [2.05, 4.69) is 11.4 Å². The standard InChI is InChI=1S/C24H26N2O4/c1-15(27)20-6-3-4-7-21(20)17-9-10-23-18(12-17)13-19(30-23)14-25-24(29)22-8-5-11-26(22)16(2)28/h3-4,6-7,9-10,12,19,22H,5,8,11,13-14H2,1-2H3,(H,25,29)/t19-,22+/m1/s1. The van der Waals surface area contributed by atoms with Crippen molar-refractivity contribution in [2.24, 2.45) is 0 Å². The molecule has 2 amide bonds. The molecule has 0 unspecified atom stereocenters. The molecule has 0 aliphatic carbocycles. The number of ether oxygens (including phenoxy) is 1. The first kappa shape index (κ1) is 20.1. The van der Waals surface area contributed by atoms with Crippen LogP contribution in [0.15, 0.2) is 42.5 Å². The number of likely N-dealkylation sites (tertiary alicyclic amines) is 1. The molecule has 2 aliphatic rings. The van der Waals surface area contributed by atoms with E-state index >= 15 is 0 Å². The first-order chi connectivity index (χ1) is 14.4. The van der Waals surface area contributed by atoms with Gasteiger partial charge in [-0.15, -0.1) is 0 Å². The minimum Gasteiger partial charge on any atom is -0.488 e. The van der Waals surface area contributed by atoms with Crippen LogP contribution in [0.5, 0.6) is 5.75 Å². The number of amides is 2. The number of hydrogen-bond acceptors (Lipinski definition) is 4. The van der Waals surface area contributed by atoms with E-state index in [0.29, 0.717) is 31.5 Å². The van der Waals surface area contributed by atoms with Crippen molar-refractivity contribution in [3.8, 4) is 16.9 Å². The fourth-order valence-electron chi connectivity index (χ4n) is 4.39. The Bertz CT molecular complexity index is 1000. The molecule has 0 radical (unpaired) electrons. The number of rotatable bonds is 5. The van der Waals surface area contributed by atoms with Crippen molar-refractivity contribution >= 4 is 17.6 Å². The zero-order valence-corrected chi connectivity index (χ0v) is 17.3. The van der Waals surface area contributed by atoms with Gasteiger partial charge in [-0.3, -0.25) is 14.4 Å². The molecule has 0 aromatic heterocycles. The number of nitrogens with one attached hydrogen (secondary N) is 1. The summed E-state index contributed by atoms with van der Waals surface area (Å²) in [5.41, 5.74) is 3.66. The number of nitrogens with zero attached hydrogens (tertiary/aromatic N) is 1. The van der Waals surface area contributed by atoms with E-state index in [1.165, 1.54) is 6.92 Å². The van der Waals surface area contributed by atoms with Gasteiger partial charge in [0.15, 0.2) is 5.78 Å². The highest BCUT2D eigenvalue weighted by Crippen LogP contribution is 2.34. The van der Waals surface area contributed by atoms with Crippen LogP contribution in [0.25, 0.3) is 11.1 Å². The van der Waals surface area contributed by atoms with Gasteiger partial charge in [0.1, 0.15) is 17.9 Å². The molecule has 2 aromatic rings. The topological polar surface area (TPSA) is 75.7 Å². The fraction of sp³-hybridized carbons (Fsp3) is 0.375. The smallest absolute Gasteiger partial charge is 0.242 e. The van der Waals surface area contributed by atoms with Crippen molar-refractivity contribution in [2.45, 2.75) is 45.3 Å². The van der Waals surface area contributed by atoms with E-state index in [4.69, 9.17) is 4.74 Å². The molecular weight excluding hydrogens is 380 g/mol. The number of carbonyl (C=O) groups is 3. The Labute approximate surface area is 176 Å². The number of carbonyl (C=O) groups excluding carboxylic acids is 3. The van der Waals surface area contributed by atoms with Crippen LogP contribution >= 0.6 is 0 Å². The van der Waals surface area contributed by atoms with Crippen LogP contribution in [0.1, 0.15) is 42.6 Å². The van der Waals surface area contributed by atoms with E-state index in [-0.39, 0.29) is 29.7 Å². The highest BCUT2D eigenvalue weighted by molar-refractivity contribution is 6.00. The van der Waals surface area contributed by atoms with E-state index in [1.807, 2.05) is 36.4 Å². The normalized spacial score (nSPS) is 19.9. The van der Waals surface area contributed by atoms with Gasteiger partial charge >= 0.3 is 0 Å². The molecule has 1 fully saturated rings. The van der Waals surface area contributed by atoms with E-state index in [1.54, 1.807) is 11.8 Å². The van der Waals surface area contributed by atoms with Gasteiger partial charge in [0.25, 0.3) is 0 Å². The predicted octanol–water partition coefficient (Wildman–Crippen LogP) is 2.99. The van der Waals surface area contributed by atoms with Gasteiger partial charge in [-0.2, -0.15) is 0 Å². The maximum absolute atomic E-state index is 12.5. The molecule has 0 bridgehead atoms. The molecular formula is C24H26N2O4. The van der Waals surface area contributed by atoms with Gasteiger partial charge in [-0.1, -0.05) is 30.3 Å². The Morgan fingerprint density at radius 3 is 2.70 bits per heavy atom. The summed E-state index contributed by atoms with van der Waals surface area (Å²) in [6.07, 6.45) is 2.10. The summed E-state index contributed by atoms with van der Waals surface area (Å²) in [5, 5.41) is 2.95. The van der Waals surface area contributed by atoms with Crippen molar-refractivity contribution < 1.29 is 19.1 Å². The lowest BCUT2D eigenvalue weighted by atomic mass is 9.95. The number of ketones is 1. The Kier molecular flexibility index (Phi) is 5.57. The predicted molar refractivity (Wildman–Crippen MR) is 113 cm³/mol. The summed E-state index contributed by atoms with van der Waals surface area (Å²) < 4.78 is 6.00. The molecule has 0 saturated carbocycles. The SMILES string of the molecule is CC(=O)c1ccccc1-c1ccc2c(c1)C[C@H](CNC(=O)[C@@H]1CCCN1C(C)=O)O2. The van der Waals surface area contributed by atoms with Crippen LogP contribution in [0.4, 0.5) is 0 Å². The Hall–Kier alpha value is -3.15. The second kappa shape index (κ2) is 8.30. The molecule has 2 aromatic carbocycles. The van der Waals surface area contributed by atoms with Crippen LogP contribution in [-0.4, -0.2) is 47.7 Å². The van der Waals surface area contributed by atoms with Crippen molar-refractivity contribution in [1.82, 2.24) is 10.2 Å². The summed E-state index contributed by atoms with van der Waals surface area (Å²) in [6, 6.07) is 13.2. The van der Waals surface area contributed by atoms with Crippen molar-refractivity contribution in [1.29, 1.82) is 0 Å². The molecule has 6 nitrogen and oxygen atoms in total. The lowest BCUT2D eigenvalue weighted by molar-refractivity contribution is -0.137. The molecule has 30 heavy (non-hydrogen) atoms. The Morgan fingerprint density at radius 2 is 1.93 bits per heavy atom. The average molecular weight is 406 g/mol. The molecule has 2 heterocycles. The summed E-state index contributed by atoms with van der Waals surface area (Å²) in [4.78, 5) is 37.8. The largest absolute Gasteiger partial charge is 0.488 e. The minimum absolute atomic E-state index is 0.0365. The molecule has 2 aliphatic heterocycles. The van der Waals surface area contributed by atoms with Crippen LogP contribution in [-0.2, 0) is 16.0 Å². The molecule has 0 spiro atoms. The molecule has 1 N–H and O–H groups in total. The summed E-state index contributed by atoms with van der Waals surface area (Å²) in [7, 11) is 0. The monoisotopic (exact) mass is 406 g/mol. The lowest BCUT2D eigenvalue weighted by Crippen LogP contribution is -2.47. The van der Waals surface area contributed by atoms with Crippen LogP contribution in [0.3, 0.4) is 0 Å². The molecule has 6 heteroatoms. The van der Waals surface area contributed by atoms with E-state index in [9.17, 15) is 14.4 Å². The molecule has 156 valence electrons. The summed E-state index contributed by atoms with van der Waals surface area (Å²) in [5.74, 6) is 0.674. The minimum atomic E-state index is -0.374. The van der Waals surface area contributed by atoms with Crippen LogP contribution in [0, 0.1) is 0 Å². The van der Waals surface area contributed by atoms with Gasteiger partial charge < -0.3 is 15.0 Å². The van der Waals surface area contributed by atoms with Crippen molar-refractivity contribution in [3.05, 3.63) is 53.6 Å². The maximum Gasteiger partial charge on any atom is 0.242 e. The number of fused-ring (bicyclic) bond motifs is 1. The van der Waals surface area contributed by atoms with Gasteiger partial charge in [0.2, 0.25) is 11.8 Å². The van der Waals surface area contributed by atoms with Gasteiger partial charge in [-0.25, -0.2) is 0 Å². The van der Waals surface area contributed by atoms with Crippen LogP contribution in [0.2, 0.25) is 0 Å². The van der Waals surface area contributed by atoms with Gasteiger partial charge in [-0.05, 0) is 48.6 Å². The number of benzene rings is 2. The highest BCUT2D eigenvalue weighted by Gasteiger charge is 2.33. The first-order valence-electron chi connectivity index (χ1n) is 10.4. The number of Topliss-reactive ketones (excluding diaryl/α,β-unsaturated/α-hetero) is 1.